The molecule has 2 nitrogen and oxygen atoms in total. The molecule has 0 unspecified atom stereocenters. The molecule has 0 rings (SSSR count). The van der Waals surface area contributed by atoms with Crippen molar-refractivity contribution in [2.45, 2.75) is 19.8 Å². The van der Waals surface area contributed by atoms with E-state index in [4.69, 9.17) is 5.11 Å². The van der Waals surface area contributed by atoms with E-state index in [1.54, 1.807) is 12.2 Å². The van der Waals surface area contributed by atoms with Gasteiger partial charge in [0.15, 0.2) is 0 Å². The minimum atomic E-state index is -0.810. The Balaban J connectivity index is 4.06. The Morgan fingerprint density at radius 3 is 2.62 bits per heavy atom. The van der Waals surface area contributed by atoms with Gasteiger partial charge in [0, 0.05) is 0 Å². The van der Waals surface area contributed by atoms with Crippen LogP contribution < -0.4 is 0 Å². The third kappa shape index (κ3) is 7.53. The van der Waals surface area contributed by atoms with Gasteiger partial charge in [-0.2, -0.15) is 0 Å². The maximum atomic E-state index is 10.4. The van der Waals surface area contributed by atoms with Crippen LogP contribution in [-0.2, 0) is 4.79 Å². The van der Waals surface area contributed by atoms with E-state index in [2.05, 4.69) is 22.5 Å². The van der Waals surface area contributed by atoms with Crippen LogP contribution in [0.2, 0.25) is 0 Å². The molecule has 0 saturated heterocycles. The molecule has 0 radical (unpaired) electrons. The number of rotatable bonds is 5. The minimum absolute atomic E-state index is 0.0712. The minimum Gasteiger partial charge on any atom is -0.481 e. The molecule has 0 aliphatic carbocycles. The van der Waals surface area contributed by atoms with Gasteiger partial charge in [-0.05, 0) is 23.4 Å². The first-order chi connectivity index (χ1) is 6.06. The van der Waals surface area contributed by atoms with Gasteiger partial charge in [-0.3, -0.25) is 4.79 Å². The van der Waals surface area contributed by atoms with Crippen molar-refractivity contribution in [2.24, 2.45) is 0 Å². The summed E-state index contributed by atoms with van der Waals surface area (Å²) in [5, 5.41) is 8.52. The molecule has 0 amide bonds. The Bertz CT molecular complexity index is 252. The molecule has 0 aromatic rings. The van der Waals surface area contributed by atoms with Crippen LogP contribution in [0.1, 0.15) is 19.8 Å². The van der Waals surface area contributed by atoms with Gasteiger partial charge in [-0.15, -0.1) is 0 Å². The number of carboxylic acid groups (broad SMARTS) is 1. The zero-order valence-corrected chi connectivity index (χ0v) is 9.17. The highest BCUT2D eigenvalue weighted by atomic mass is 79.9. The quantitative estimate of drug-likeness (QED) is 0.755. The van der Waals surface area contributed by atoms with E-state index in [0.717, 1.165) is 16.5 Å². The first-order valence-corrected chi connectivity index (χ1v) is 4.72. The smallest absolute Gasteiger partial charge is 0.307 e. The Morgan fingerprint density at radius 1 is 1.62 bits per heavy atom. The van der Waals surface area contributed by atoms with Crippen LogP contribution in [0, 0.1) is 0 Å². The second kappa shape index (κ2) is 6.66. The van der Waals surface area contributed by atoms with Crippen molar-refractivity contribution in [1.29, 1.82) is 0 Å². The molecule has 0 saturated carbocycles. The lowest BCUT2D eigenvalue weighted by Gasteiger charge is -1.95. The summed E-state index contributed by atoms with van der Waals surface area (Å²) >= 11 is 3.22. The summed E-state index contributed by atoms with van der Waals surface area (Å²) in [4.78, 5) is 10.4. The average Bonchev–Trinajstić information content (AvgIpc) is 2.01. The summed E-state index contributed by atoms with van der Waals surface area (Å²) < 4.78 is 0.884. The molecule has 0 heterocycles. The molecule has 0 aromatic heterocycles. The van der Waals surface area contributed by atoms with Crippen LogP contribution in [0.4, 0.5) is 0 Å². The van der Waals surface area contributed by atoms with Crippen molar-refractivity contribution in [3.05, 3.63) is 34.9 Å². The maximum absolute atomic E-state index is 10.4. The van der Waals surface area contributed by atoms with E-state index < -0.39 is 5.97 Å². The number of allylic oxidation sites excluding steroid dienone is 4. The summed E-state index contributed by atoms with van der Waals surface area (Å²) in [5.41, 5.74) is 0.807. The Kier molecular flexibility index (Phi) is 6.24. The van der Waals surface area contributed by atoms with Crippen molar-refractivity contribution in [3.63, 3.8) is 0 Å². The zero-order chi connectivity index (χ0) is 10.3. The molecule has 0 aromatic carbocycles. The van der Waals surface area contributed by atoms with E-state index in [0.29, 0.717) is 0 Å². The molecule has 0 spiro atoms. The first-order valence-electron chi connectivity index (χ1n) is 3.93. The van der Waals surface area contributed by atoms with E-state index in [-0.39, 0.29) is 6.42 Å². The number of carboxylic acids is 1. The van der Waals surface area contributed by atoms with Crippen LogP contribution in [0.3, 0.4) is 0 Å². The Morgan fingerprint density at radius 2 is 2.23 bits per heavy atom. The second-order valence-corrected chi connectivity index (χ2v) is 3.68. The summed E-state index contributed by atoms with van der Waals surface area (Å²) in [7, 11) is 0. The number of aliphatic carboxylic acids is 1. The topological polar surface area (TPSA) is 37.3 Å². The molecule has 0 aliphatic rings. The van der Waals surface area contributed by atoms with E-state index in [1.807, 2.05) is 13.0 Å². The van der Waals surface area contributed by atoms with Gasteiger partial charge in [0.2, 0.25) is 0 Å². The lowest BCUT2D eigenvalue weighted by atomic mass is 10.1. The van der Waals surface area contributed by atoms with Crippen molar-refractivity contribution < 1.29 is 9.90 Å². The third-order valence-corrected chi connectivity index (χ3v) is 1.72. The number of carbonyl (C=O) groups is 1. The van der Waals surface area contributed by atoms with Gasteiger partial charge in [0.05, 0.1) is 6.42 Å². The van der Waals surface area contributed by atoms with E-state index in [9.17, 15) is 4.79 Å². The lowest BCUT2D eigenvalue weighted by Crippen LogP contribution is -1.95. The van der Waals surface area contributed by atoms with E-state index in [1.165, 1.54) is 0 Å². The molecule has 3 heteroatoms. The van der Waals surface area contributed by atoms with Crippen LogP contribution in [-0.4, -0.2) is 11.1 Å². The Labute approximate surface area is 86.8 Å². The number of halogens is 1. The predicted molar refractivity (Wildman–Crippen MR) is 57.8 cm³/mol. The Hall–Kier alpha value is -0.830. The number of hydrogen-bond donors (Lipinski definition) is 1. The standard InChI is InChI=1S/C10H13BrO2/c1-3-9(7-10(12)13)6-4-5-8(2)11/h3-4,6H,2,5,7H2,1H3,(H,12,13)/b6-4-,9-3+. The fraction of sp³-hybridized carbons (Fsp3) is 0.300. The van der Waals surface area contributed by atoms with Gasteiger partial charge in [-0.25, -0.2) is 0 Å². The highest BCUT2D eigenvalue weighted by Crippen LogP contribution is 2.09. The SMILES string of the molecule is C=C(Br)C/C=C\C(=C/C)CC(=O)O. The van der Waals surface area contributed by atoms with Crippen LogP contribution in [0.5, 0.6) is 0 Å². The molecule has 0 bridgehead atoms. The van der Waals surface area contributed by atoms with Gasteiger partial charge in [0.1, 0.15) is 0 Å². The van der Waals surface area contributed by atoms with Crippen LogP contribution >= 0.6 is 15.9 Å². The zero-order valence-electron chi connectivity index (χ0n) is 7.59. The molecule has 0 aliphatic heterocycles. The normalized spacial score (nSPS) is 12.0. The highest BCUT2D eigenvalue weighted by molar-refractivity contribution is 9.11. The summed E-state index contributed by atoms with van der Waals surface area (Å²) in [6.07, 6.45) is 6.27. The van der Waals surface area contributed by atoms with Crippen LogP contribution in [0.25, 0.3) is 0 Å². The lowest BCUT2D eigenvalue weighted by molar-refractivity contribution is -0.136. The molecule has 0 fully saturated rings. The monoisotopic (exact) mass is 244 g/mol. The third-order valence-electron chi connectivity index (χ3n) is 1.40. The molecular formula is C10H13BrO2. The summed E-state index contributed by atoms with van der Waals surface area (Å²) in [5.74, 6) is -0.810. The van der Waals surface area contributed by atoms with Crippen molar-refractivity contribution >= 4 is 21.9 Å². The summed E-state index contributed by atoms with van der Waals surface area (Å²) in [6.45, 7) is 5.49. The largest absolute Gasteiger partial charge is 0.481 e. The van der Waals surface area contributed by atoms with Crippen molar-refractivity contribution in [3.8, 4) is 0 Å². The first kappa shape index (κ1) is 12.2. The molecular weight excluding hydrogens is 232 g/mol. The second-order valence-electron chi connectivity index (χ2n) is 2.56. The molecule has 1 N–H and O–H groups in total. The van der Waals surface area contributed by atoms with E-state index >= 15 is 0 Å². The van der Waals surface area contributed by atoms with Gasteiger partial charge < -0.3 is 5.11 Å². The fourth-order valence-corrected chi connectivity index (χ4v) is 0.957. The molecule has 0 atom stereocenters. The van der Waals surface area contributed by atoms with Gasteiger partial charge >= 0.3 is 5.97 Å². The predicted octanol–water partition coefficient (Wildman–Crippen LogP) is 3.26. The average molecular weight is 245 g/mol. The summed E-state index contributed by atoms with van der Waals surface area (Å²) in [6, 6.07) is 0. The van der Waals surface area contributed by atoms with Crippen molar-refractivity contribution in [2.75, 3.05) is 0 Å². The number of hydrogen-bond acceptors (Lipinski definition) is 1. The van der Waals surface area contributed by atoms with Crippen molar-refractivity contribution in [1.82, 2.24) is 0 Å². The van der Waals surface area contributed by atoms with Crippen LogP contribution in [0.15, 0.2) is 34.9 Å². The fourth-order valence-electron chi connectivity index (χ4n) is 0.770. The van der Waals surface area contributed by atoms with Gasteiger partial charge in [-0.1, -0.05) is 40.7 Å². The maximum Gasteiger partial charge on any atom is 0.307 e. The molecule has 72 valence electrons. The molecule has 13 heavy (non-hydrogen) atoms. The van der Waals surface area contributed by atoms with Gasteiger partial charge in [0.25, 0.3) is 0 Å². The highest BCUT2D eigenvalue weighted by Gasteiger charge is 1.98.